The van der Waals surface area contributed by atoms with Crippen LogP contribution < -0.4 is 0 Å². The number of hydrogen-bond donors (Lipinski definition) is 2. The van der Waals surface area contributed by atoms with Gasteiger partial charge in [0.15, 0.2) is 0 Å². The van der Waals surface area contributed by atoms with E-state index in [0.717, 1.165) is 55.8 Å². The summed E-state index contributed by atoms with van der Waals surface area (Å²) in [5.74, 6) is 0.988. The zero-order valence-electron chi connectivity index (χ0n) is 16.5. The Kier molecular flexibility index (Phi) is 3.66. The summed E-state index contributed by atoms with van der Waals surface area (Å²) in [6.07, 6.45) is 5.71. The minimum absolute atomic E-state index is 0.901. The fourth-order valence-electron chi connectivity index (χ4n) is 3.98. The maximum Gasteiger partial charge on any atom is 0.116 e. The van der Waals surface area contributed by atoms with Crippen molar-refractivity contribution in [2.24, 2.45) is 7.05 Å². The summed E-state index contributed by atoms with van der Waals surface area (Å²) in [5.41, 5.74) is 8.39. The van der Waals surface area contributed by atoms with Crippen molar-refractivity contribution in [2.75, 3.05) is 0 Å². The van der Waals surface area contributed by atoms with E-state index in [2.05, 4.69) is 70.8 Å². The van der Waals surface area contributed by atoms with E-state index in [4.69, 9.17) is 0 Å². The largest absolute Gasteiger partial charge is 0.352 e. The molecule has 6 aromatic rings. The molecule has 2 N–H and O–H groups in total. The number of fused-ring (bicyclic) bond motifs is 2. The van der Waals surface area contributed by atoms with Crippen LogP contribution in [0.5, 0.6) is 0 Å². The molecule has 0 unspecified atom stereocenters. The van der Waals surface area contributed by atoms with Gasteiger partial charge < -0.3 is 9.55 Å². The summed E-state index contributed by atoms with van der Waals surface area (Å²) in [5, 5.41) is 14.2. The smallest absolute Gasteiger partial charge is 0.116 e. The van der Waals surface area contributed by atoms with Crippen molar-refractivity contribution in [3.05, 3.63) is 65.5 Å². The normalized spacial score (nSPS) is 11.7. The molecule has 0 bridgehead atoms. The van der Waals surface area contributed by atoms with Gasteiger partial charge in [0.05, 0.1) is 34.8 Å². The van der Waals surface area contributed by atoms with E-state index in [-0.39, 0.29) is 0 Å². The van der Waals surface area contributed by atoms with Gasteiger partial charge >= 0.3 is 0 Å². The minimum atomic E-state index is 0.901. The summed E-state index contributed by atoms with van der Waals surface area (Å²) in [6, 6.07) is 10.6. The third-order valence-electron chi connectivity index (χ3n) is 5.71. The number of aromatic nitrogens is 6. The van der Waals surface area contributed by atoms with Gasteiger partial charge in [0.2, 0.25) is 0 Å². The Labute approximate surface area is 176 Å². The van der Waals surface area contributed by atoms with E-state index in [1.807, 2.05) is 32.6 Å². The molecule has 1 aromatic carbocycles. The third-order valence-corrected chi connectivity index (χ3v) is 6.40. The molecule has 5 aromatic heterocycles. The van der Waals surface area contributed by atoms with Gasteiger partial charge in [-0.15, -0.1) is 0 Å². The topological polar surface area (TPSA) is 75.2 Å². The molecule has 0 aliphatic carbocycles. The van der Waals surface area contributed by atoms with E-state index in [9.17, 15) is 0 Å². The molecule has 6 nitrogen and oxygen atoms in total. The Morgan fingerprint density at radius 1 is 0.967 bits per heavy atom. The zero-order chi connectivity index (χ0) is 20.2. The van der Waals surface area contributed by atoms with Crippen molar-refractivity contribution in [2.45, 2.75) is 6.92 Å². The molecule has 0 radical (unpaired) electrons. The second-order valence-corrected chi connectivity index (χ2v) is 8.21. The number of imidazole rings is 1. The molecule has 0 fully saturated rings. The monoisotopic (exact) mass is 410 g/mol. The van der Waals surface area contributed by atoms with Crippen molar-refractivity contribution in [1.29, 1.82) is 0 Å². The lowest BCUT2D eigenvalue weighted by atomic mass is 10.1. The van der Waals surface area contributed by atoms with Gasteiger partial charge in [-0.2, -0.15) is 16.4 Å². The molecular formula is C23H18N6S. The predicted octanol–water partition coefficient (Wildman–Crippen LogP) is 5.54. The first-order chi connectivity index (χ1) is 14.7. The highest BCUT2D eigenvalue weighted by Gasteiger charge is 2.15. The fraction of sp³-hybridized carbons (Fsp3) is 0.0870. The maximum absolute atomic E-state index is 4.62. The van der Waals surface area contributed by atoms with E-state index >= 15 is 0 Å². The molecule has 146 valence electrons. The Bertz CT molecular complexity index is 1520. The number of hydrogen-bond acceptors (Lipinski definition) is 4. The molecule has 5 heterocycles. The molecule has 0 saturated carbocycles. The number of nitrogens with zero attached hydrogens (tertiary/aromatic N) is 4. The highest BCUT2D eigenvalue weighted by Crippen LogP contribution is 2.35. The maximum atomic E-state index is 4.62. The van der Waals surface area contributed by atoms with Crippen LogP contribution >= 0.6 is 11.3 Å². The van der Waals surface area contributed by atoms with Crippen molar-refractivity contribution < 1.29 is 0 Å². The fourth-order valence-corrected chi connectivity index (χ4v) is 4.63. The first-order valence-electron chi connectivity index (χ1n) is 9.65. The summed E-state index contributed by atoms with van der Waals surface area (Å²) in [6.45, 7) is 2.01. The molecule has 7 heteroatoms. The molecule has 0 spiro atoms. The Hall–Kier alpha value is -3.71. The SMILES string of the molecule is Cc1ncc(-c2ccc3[nH]nc(-c4cc5c(-c6ccsc6)cncc5[nH]4)c3c2)n1C. The number of thiophene rings is 1. The lowest BCUT2D eigenvalue weighted by Crippen LogP contribution is -1.94. The molecular weight excluding hydrogens is 392 g/mol. The van der Waals surface area contributed by atoms with Crippen LogP contribution in [0.2, 0.25) is 0 Å². The average Bonchev–Trinajstić information content (AvgIpc) is 3.54. The Balaban J connectivity index is 1.53. The van der Waals surface area contributed by atoms with E-state index in [1.165, 1.54) is 5.56 Å². The summed E-state index contributed by atoms with van der Waals surface area (Å²) in [4.78, 5) is 12.4. The second kappa shape index (κ2) is 6.40. The van der Waals surface area contributed by atoms with Crippen LogP contribution in [0.15, 0.2) is 59.7 Å². The van der Waals surface area contributed by atoms with E-state index in [1.54, 1.807) is 11.3 Å². The van der Waals surface area contributed by atoms with Gasteiger partial charge in [-0.3, -0.25) is 10.1 Å². The summed E-state index contributed by atoms with van der Waals surface area (Å²) < 4.78 is 2.10. The van der Waals surface area contributed by atoms with Crippen molar-refractivity contribution >= 4 is 33.1 Å². The van der Waals surface area contributed by atoms with Gasteiger partial charge in [-0.05, 0) is 47.5 Å². The second-order valence-electron chi connectivity index (χ2n) is 7.43. The lowest BCUT2D eigenvalue weighted by Gasteiger charge is -2.04. The highest BCUT2D eigenvalue weighted by atomic mass is 32.1. The molecule has 6 rings (SSSR count). The summed E-state index contributed by atoms with van der Waals surface area (Å²) in [7, 11) is 2.04. The van der Waals surface area contributed by atoms with Crippen molar-refractivity contribution in [1.82, 2.24) is 29.7 Å². The molecule has 0 atom stereocenters. The number of pyridine rings is 1. The van der Waals surface area contributed by atoms with Gasteiger partial charge in [0.1, 0.15) is 11.5 Å². The first kappa shape index (κ1) is 17.2. The number of rotatable bonds is 3. The third kappa shape index (κ3) is 2.52. The number of aromatic amines is 2. The molecule has 0 aliphatic heterocycles. The van der Waals surface area contributed by atoms with Crippen LogP contribution in [0.25, 0.3) is 55.6 Å². The lowest BCUT2D eigenvalue weighted by molar-refractivity contribution is 0.865. The molecule has 0 aliphatic rings. The number of benzene rings is 1. The van der Waals surface area contributed by atoms with Crippen molar-refractivity contribution in [3.63, 3.8) is 0 Å². The molecule has 0 amide bonds. The van der Waals surface area contributed by atoms with Gasteiger partial charge in [-0.1, -0.05) is 6.07 Å². The Morgan fingerprint density at radius 3 is 2.70 bits per heavy atom. The first-order valence-corrected chi connectivity index (χ1v) is 10.6. The van der Waals surface area contributed by atoms with Crippen LogP contribution in [0.1, 0.15) is 5.82 Å². The van der Waals surface area contributed by atoms with Crippen LogP contribution in [-0.2, 0) is 7.05 Å². The quantitative estimate of drug-likeness (QED) is 0.402. The van der Waals surface area contributed by atoms with Crippen LogP contribution in [0.4, 0.5) is 0 Å². The van der Waals surface area contributed by atoms with E-state index < -0.39 is 0 Å². The number of nitrogens with one attached hydrogen (secondary N) is 2. The number of aryl methyl sites for hydroxylation is 1. The molecule has 30 heavy (non-hydrogen) atoms. The Morgan fingerprint density at radius 2 is 1.90 bits per heavy atom. The predicted molar refractivity (Wildman–Crippen MR) is 121 cm³/mol. The van der Waals surface area contributed by atoms with Crippen LogP contribution in [-0.4, -0.2) is 29.7 Å². The van der Waals surface area contributed by atoms with E-state index in [0.29, 0.717) is 0 Å². The standard InChI is InChI=1S/C23H18N6S/c1-13-25-11-22(29(13)2)14-3-4-19-17(7-14)23(28-27-19)20-8-16-18(15-5-6-30-12-15)9-24-10-21(16)26-20/h3-12,26H,1-2H3,(H,27,28). The summed E-state index contributed by atoms with van der Waals surface area (Å²) >= 11 is 1.69. The van der Waals surface area contributed by atoms with Crippen molar-refractivity contribution in [3.8, 4) is 33.8 Å². The zero-order valence-corrected chi connectivity index (χ0v) is 17.3. The van der Waals surface area contributed by atoms with Crippen LogP contribution in [0.3, 0.4) is 0 Å². The minimum Gasteiger partial charge on any atom is -0.352 e. The van der Waals surface area contributed by atoms with Crippen LogP contribution in [0, 0.1) is 6.92 Å². The average molecular weight is 411 g/mol. The van der Waals surface area contributed by atoms with Gasteiger partial charge in [-0.25, -0.2) is 4.98 Å². The molecule has 0 saturated heterocycles. The van der Waals surface area contributed by atoms with Gasteiger partial charge in [0, 0.05) is 35.1 Å². The number of H-pyrrole nitrogens is 2. The highest BCUT2D eigenvalue weighted by molar-refractivity contribution is 7.08. The van der Waals surface area contributed by atoms with Gasteiger partial charge in [0.25, 0.3) is 0 Å².